The van der Waals surface area contributed by atoms with Crippen molar-refractivity contribution in [1.29, 1.82) is 0 Å². The lowest BCUT2D eigenvalue weighted by atomic mass is 9.99. The van der Waals surface area contributed by atoms with Gasteiger partial charge in [0.05, 0.1) is 5.69 Å². The summed E-state index contributed by atoms with van der Waals surface area (Å²) in [6.45, 7) is 6.66. The van der Waals surface area contributed by atoms with E-state index in [2.05, 4.69) is 57.3 Å². The molecule has 2 heterocycles. The highest BCUT2D eigenvalue weighted by atomic mass is 79.9. The predicted octanol–water partition coefficient (Wildman–Crippen LogP) is 4.35. The summed E-state index contributed by atoms with van der Waals surface area (Å²) in [5, 5.41) is 2.96. The van der Waals surface area contributed by atoms with Crippen molar-refractivity contribution < 1.29 is 9.59 Å². The van der Waals surface area contributed by atoms with Gasteiger partial charge in [-0.3, -0.25) is 14.5 Å². The van der Waals surface area contributed by atoms with E-state index in [0.717, 1.165) is 28.2 Å². The fourth-order valence-corrected chi connectivity index (χ4v) is 5.10. The van der Waals surface area contributed by atoms with Crippen LogP contribution >= 0.6 is 15.9 Å². The van der Waals surface area contributed by atoms with Crippen molar-refractivity contribution in [2.75, 3.05) is 24.5 Å². The summed E-state index contributed by atoms with van der Waals surface area (Å²) in [7, 11) is 0. The highest BCUT2D eigenvalue weighted by Gasteiger charge is 2.38. The Balaban J connectivity index is 1.29. The number of carbonyl (C=O) groups is 2. The minimum absolute atomic E-state index is 0.129. The molecule has 31 heavy (non-hydrogen) atoms. The van der Waals surface area contributed by atoms with Crippen LogP contribution in [-0.4, -0.2) is 36.3 Å². The van der Waals surface area contributed by atoms with Crippen molar-refractivity contribution in [3.8, 4) is 0 Å². The standard InChI is InChI=1S/C25H30BrN3O2/c1-18-5-4-13-28(16-18)17-20-10-8-19(9-11-20)15-27-24(30)21-12-14-29(25(21)31)23-7-3-2-6-22(23)26/h2-3,6-11,18,21H,4-5,12-17H2,1H3,(H,27,30). The molecule has 2 aliphatic rings. The van der Waals surface area contributed by atoms with Crippen LogP contribution in [0.15, 0.2) is 53.0 Å². The van der Waals surface area contributed by atoms with E-state index in [-0.39, 0.29) is 11.8 Å². The summed E-state index contributed by atoms with van der Waals surface area (Å²) < 4.78 is 0.864. The van der Waals surface area contributed by atoms with E-state index in [1.54, 1.807) is 4.90 Å². The van der Waals surface area contributed by atoms with Gasteiger partial charge in [-0.05, 0) is 70.9 Å². The first kappa shape index (κ1) is 22.0. The molecule has 2 fully saturated rings. The molecule has 2 atom stereocenters. The largest absolute Gasteiger partial charge is 0.351 e. The van der Waals surface area contributed by atoms with Gasteiger partial charge in [-0.25, -0.2) is 0 Å². The van der Waals surface area contributed by atoms with E-state index in [1.165, 1.54) is 31.5 Å². The van der Waals surface area contributed by atoms with Crippen molar-refractivity contribution in [3.05, 3.63) is 64.1 Å². The van der Waals surface area contributed by atoms with Gasteiger partial charge in [0, 0.05) is 30.7 Å². The van der Waals surface area contributed by atoms with Gasteiger partial charge in [-0.15, -0.1) is 0 Å². The molecule has 0 aliphatic carbocycles. The molecule has 5 nitrogen and oxygen atoms in total. The van der Waals surface area contributed by atoms with Crippen molar-refractivity contribution in [3.63, 3.8) is 0 Å². The number of halogens is 1. The lowest BCUT2D eigenvalue weighted by Crippen LogP contribution is -2.36. The van der Waals surface area contributed by atoms with Crippen LogP contribution in [0.4, 0.5) is 5.69 Å². The third kappa shape index (κ3) is 5.36. The van der Waals surface area contributed by atoms with Gasteiger partial charge < -0.3 is 10.2 Å². The van der Waals surface area contributed by atoms with Gasteiger partial charge in [-0.2, -0.15) is 0 Å². The number of likely N-dealkylation sites (tertiary alicyclic amines) is 1. The summed E-state index contributed by atoms with van der Waals surface area (Å²) in [5.74, 6) is -0.158. The second kappa shape index (κ2) is 9.96. The van der Waals surface area contributed by atoms with Crippen molar-refractivity contribution in [2.45, 2.75) is 39.3 Å². The zero-order chi connectivity index (χ0) is 21.8. The molecule has 2 aromatic rings. The normalized spacial score (nSPS) is 22.0. The van der Waals surface area contributed by atoms with Crippen molar-refractivity contribution in [2.24, 2.45) is 11.8 Å². The third-order valence-electron chi connectivity index (χ3n) is 6.30. The number of nitrogens with zero attached hydrogens (tertiary/aromatic N) is 2. The van der Waals surface area contributed by atoms with Crippen molar-refractivity contribution in [1.82, 2.24) is 10.2 Å². The van der Waals surface area contributed by atoms with Crippen LogP contribution in [0.5, 0.6) is 0 Å². The van der Waals surface area contributed by atoms with Gasteiger partial charge >= 0.3 is 0 Å². The molecular weight excluding hydrogens is 454 g/mol. The van der Waals surface area contributed by atoms with Gasteiger partial charge in [-0.1, -0.05) is 43.3 Å². The molecule has 0 spiro atoms. The van der Waals surface area contributed by atoms with Crippen LogP contribution in [0.3, 0.4) is 0 Å². The smallest absolute Gasteiger partial charge is 0.239 e. The maximum atomic E-state index is 12.8. The highest BCUT2D eigenvalue weighted by molar-refractivity contribution is 9.10. The Hall–Kier alpha value is -2.18. The molecule has 2 saturated heterocycles. The zero-order valence-corrected chi connectivity index (χ0v) is 19.6. The molecule has 0 aromatic heterocycles. The van der Waals surface area contributed by atoms with Crippen LogP contribution in [0.2, 0.25) is 0 Å². The summed E-state index contributed by atoms with van der Waals surface area (Å²) in [6, 6.07) is 16.1. The van der Waals surface area contributed by atoms with Crippen LogP contribution in [0.25, 0.3) is 0 Å². The minimum Gasteiger partial charge on any atom is -0.351 e. The fraction of sp³-hybridized carbons (Fsp3) is 0.440. The molecule has 164 valence electrons. The number of piperidine rings is 1. The van der Waals surface area contributed by atoms with E-state index in [1.807, 2.05) is 24.3 Å². The number of amides is 2. The SMILES string of the molecule is CC1CCCN(Cc2ccc(CNC(=O)C3CCN(c4ccccc4Br)C3=O)cc2)C1. The fourth-order valence-electron chi connectivity index (χ4n) is 4.60. The average molecular weight is 484 g/mol. The van der Waals surface area contributed by atoms with Crippen molar-refractivity contribution >= 4 is 33.4 Å². The Bertz CT molecular complexity index is 931. The molecular formula is C25H30BrN3O2. The zero-order valence-electron chi connectivity index (χ0n) is 18.0. The lowest BCUT2D eigenvalue weighted by Gasteiger charge is -2.30. The topological polar surface area (TPSA) is 52.7 Å². The number of carbonyl (C=O) groups excluding carboxylic acids is 2. The molecule has 2 amide bonds. The Kier molecular flexibility index (Phi) is 7.08. The molecule has 2 aromatic carbocycles. The van der Waals surface area contributed by atoms with E-state index in [4.69, 9.17) is 0 Å². The van der Waals surface area contributed by atoms with Gasteiger partial charge in [0.2, 0.25) is 11.8 Å². The Labute approximate surface area is 192 Å². The molecule has 1 N–H and O–H groups in total. The van der Waals surface area contributed by atoms with Crippen LogP contribution in [0.1, 0.15) is 37.3 Å². The number of para-hydroxylation sites is 1. The average Bonchev–Trinajstić information content (AvgIpc) is 3.14. The maximum absolute atomic E-state index is 12.8. The summed E-state index contributed by atoms with van der Waals surface area (Å²) >= 11 is 3.49. The molecule has 4 rings (SSSR count). The summed E-state index contributed by atoms with van der Waals surface area (Å²) in [5.41, 5.74) is 3.18. The molecule has 6 heteroatoms. The monoisotopic (exact) mass is 483 g/mol. The van der Waals surface area contributed by atoms with Gasteiger partial charge in [0.15, 0.2) is 0 Å². The van der Waals surface area contributed by atoms with Crippen LogP contribution in [-0.2, 0) is 22.7 Å². The second-order valence-corrected chi connectivity index (χ2v) is 9.65. The van der Waals surface area contributed by atoms with E-state index >= 15 is 0 Å². The quantitative estimate of drug-likeness (QED) is 0.621. The van der Waals surface area contributed by atoms with Crippen LogP contribution < -0.4 is 10.2 Å². The maximum Gasteiger partial charge on any atom is 0.239 e. The minimum atomic E-state index is -0.618. The summed E-state index contributed by atoms with van der Waals surface area (Å²) in [6.07, 6.45) is 3.15. The molecule has 2 aliphatic heterocycles. The molecule has 0 radical (unpaired) electrons. The molecule has 2 unspecified atom stereocenters. The summed E-state index contributed by atoms with van der Waals surface area (Å²) in [4.78, 5) is 29.7. The Morgan fingerprint density at radius 1 is 1.06 bits per heavy atom. The number of benzene rings is 2. The third-order valence-corrected chi connectivity index (χ3v) is 6.97. The Morgan fingerprint density at radius 3 is 2.55 bits per heavy atom. The number of hydrogen-bond acceptors (Lipinski definition) is 3. The lowest BCUT2D eigenvalue weighted by molar-refractivity contribution is -0.132. The van der Waals surface area contributed by atoms with Gasteiger partial charge in [0.1, 0.15) is 5.92 Å². The highest BCUT2D eigenvalue weighted by Crippen LogP contribution is 2.31. The Morgan fingerprint density at radius 2 is 1.81 bits per heavy atom. The predicted molar refractivity (Wildman–Crippen MR) is 127 cm³/mol. The first-order chi connectivity index (χ1) is 15.0. The second-order valence-electron chi connectivity index (χ2n) is 8.80. The van der Waals surface area contributed by atoms with E-state index in [0.29, 0.717) is 19.5 Å². The van der Waals surface area contributed by atoms with E-state index < -0.39 is 5.92 Å². The number of anilines is 1. The number of nitrogens with one attached hydrogen (secondary N) is 1. The molecule has 0 saturated carbocycles. The first-order valence-corrected chi connectivity index (χ1v) is 11.9. The van der Waals surface area contributed by atoms with Gasteiger partial charge in [0.25, 0.3) is 0 Å². The van der Waals surface area contributed by atoms with E-state index in [9.17, 15) is 9.59 Å². The number of rotatable bonds is 6. The van der Waals surface area contributed by atoms with Crippen LogP contribution in [0, 0.1) is 11.8 Å². The number of hydrogen-bond donors (Lipinski definition) is 1. The first-order valence-electron chi connectivity index (χ1n) is 11.1. The molecule has 0 bridgehead atoms.